The average Bonchev–Trinajstić information content (AvgIpc) is 3.38. The lowest BCUT2D eigenvalue weighted by Gasteiger charge is -2.30. The lowest BCUT2D eigenvalue weighted by atomic mass is 9.84. The molecule has 0 aliphatic carbocycles. The highest BCUT2D eigenvalue weighted by Gasteiger charge is 2.52. The molecule has 0 bridgehead atoms. The van der Waals surface area contributed by atoms with Crippen LogP contribution in [0.2, 0.25) is 0 Å². The quantitative estimate of drug-likeness (QED) is 0.275. The van der Waals surface area contributed by atoms with Crippen molar-refractivity contribution in [3.8, 4) is 11.5 Å². The number of ether oxygens (including phenoxy) is 3. The Kier molecular flexibility index (Phi) is 9.97. The first-order valence-corrected chi connectivity index (χ1v) is 13.7. The maximum atomic E-state index is 14.0. The lowest BCUT2D eigenvalue weighted by Crippen LogP contribution is -2.48. The van der Waals surface area contributed by atoms with E-state index in [9.17, 15) is 4.79 Å². The molecule has 7 nitrogen and oxygen atoms in total. The molecule has 2 atom stereocenters. The fourth-order valence-electron chi connectivity index (χ4n) is 4.51. The van der Waals surface area contributed by atoms with Crippen LogP contribution in [0.4, 0.5) is 0 Å². The molecular weight excluding hydrogens is 504 g/mol. The highest BCUT2D eigenvalue weighted by Crippen LogP contribution is 2.43. The van der Waals surface area contributed by atoms with Crippen LogP contribution in [0.25, 0.3) is 6.08 Å². The first-order chi connectivity index (χ1) is 19.4. The lowest BCUT2D eigenvalue weighted by molar-refractivity contribution is -0.129. The molecule has 1 aliphatic heterocycles. The molecule has 1 amide bonds. The predicted octanol–water partition coefficient (Wildman–Crippen LogP) is 5.59. The van der Waals surface area contributed by atoms with Crippen LogP contribution in [0, 0.1) is 5.92 Å². The van der Waals surface area contributed by atoms with E-state index >= 15 is 0 Å². The summed E-state index contributed by atoms with van der Waals surface area (Å²) in [6, 6.07) is 25.0. The standard InChI is InChI=1S/C33H38N2O5/c1-24(2)23-34-32(37)33(19-8-12-25-10-5-4-6-11-25)30(27-13-7-14-29(22-27)38-3)40-31(35-33)26-15-17-28(18-16-26)39-21-9-20-36/h4-8,10-18,22,24,30,36H,9,19-21,23H2,1-3H3,(H,34,37)/b12-8+/t30-,33-/m1/s1. The minimum absolute atomic E-state index is 0.0774. The van der Waals surface area contributed by atoms with Gasteiger partial charge in [-0.15, -0.1) is 0 Å². The second-order valence-electron chi connectivity index (χ2n) is 10.2. The number of rotatable bonds is 13. The van der Waals surface area contributed by atoms with Crippen molar-refractivity contribution in [3.63, 3.8) is 0 Å². The summed E-state index contributed by atoms with van der Waals surface area (Å²) < 4.78 is 17.7. The predicted molar refractivity (Wildman–Crippen MR) is 158 cm³/mol. The largest absolute Gasteiger partial charge is 0.497 e. The van der Waals surface area contributed by atoms with Gasteiger partial charge in [-0.3, -0.25) is 4.79 Å². The summed E-state index contributed by atoms with van der Waals surface area (Å²) in [7, 11) is 1.62. The van der Waals surface area contributed by atoms with E-state index < -0.39 is 11.6 Å². The Morgan fingerprint density at radius 2 is 1.85 bits per heavy atom. The van der Waals surface area contributed by atoms with E-state index in [0.29, 0.717) is 43.4 Å². The molecule has 0 unspecified atom stereocenters. The summed E-state index contributed by atoms with van der Waals surface area (Å²) in [6.45, 7) is 5.16. The van der Waals surface area contributed by atoms with Crippen molar-refractivity contribution >= 4 is 17.9 Å². The number of aliphatic imine (C=N–C) groups is 1. The Balaban J connectivity index is 1.74. The van der Waals surface area contributed by atoms with E-state index in [2.05, 4.69) is 19.2 Å². The number of hydrogen-bond donors (Lipinski definition) is 2. The number of carbonyl (C=O) groups is 1. The molecule has 0 spiro atoms. The Morgan fingerprint density at radius 1 is 1.07 bits per heavy atom. The average molecular weight is 543 g/mol. The molecule has 0 aromatic heterocycles. The van der Waals surface area contributed by atoms with Crippen molar-refractivity contribution in [3.05, 3.63) is 102 Å². The van der Waals surface area contributed by atoms with Crippen LogP contribution in [0.3, 0.4) is 0 Å². The summed E-state index contributed by atoms with van der Waals surface area (Å²) in [5.41, 5.74) is 1.35. The van der Waals surface area contributed by atoms with Crippen LogP contribution in [0.5, 0.6) is 11.5 Å². The van der Waals surface area contributed by atoms with Gasteiger partial charge in [0.15, 0.2) is 11.6 Å². The van der Waals surface area contributed by atoms with Crippen LogP contribution in [0.15, 0.2) is 89.9 Å². The third-order valence-corrected chi connectivity index (χ3v) is 6.64. The fraction of sp³-hybridized carbons (Fsp3) is 0.333. The molecule has 0 saturated carbocycles. The Morgan fingerprint density at radius 3 is 2.55 bits per heavy atom. The fourth-order valence-corrected chi connectivity index (χ4v) is 4.51. The normalized spacial score (nSPS) is 18.4. The van der Waals surface area contributed by atoms with Gasteiger partial charge in [0.1, 0.15) is 11.5 Å². The van der Waals surface area contributed by atoms with Crippen molar-refractivity contribution in [2.24, 2.45) is 10.9 Å². The molecule has 1 aliphatic rings. The van der Waals surface area contributed by atoms with E-state index in [1.165, 1.54) is 0 Å². The van der Waals surface area contributed by atoms with Gasteiger partial charge < -0.3 is 24.6 Å². The van der Waals surface area contributed by atoms with E-state index in [1.54, 1.807) is 7.11 Å². The maximum absolute atomic E-state index is 14.0. The van der Waals surface area contributed by atoms with Gasteiger partial charge in [0.2, 0.25) is 5.90 Å². The first-order valence-electron chi connectivity index (χ1n) is 13.7. The van der Waals surface area contributed by atoms with E-state index in [0.717, 1.165) is 16.7 Å². The number of methoxy groups -OCH3 is 1. The zero-order valence-corrected chi connectivity index (χ0v) is 23.4. The molecule has 7 heteroatoms. The first kappa shape index (κ1) is 28.9. The second-order valence-corrected chi connectivity index (χ2v) is 10.2. The molecule has 3 aromatic carbocycles. The summed E-state index contributed by atoms with van der Waals surface area (Å²) in [6.07, 6.45) is 4.21. The van der Waals surface area contributed by atoms with Crippen molar-refractivity contribution in [2.75, 3.05) is 26.9 Å². The van der Waals surface area contributed by atoms with Gasteiger partial charge in [-0.1, -0.05) is 68.5 Å². The number of benzene rings is 3. The topological polar surface area (TPSA) is 89.4 Å². The van der Waals surface area contributed by atoms with Crippen LogP contribution in [0.1, 0.15) is 49.5 Å². The second kappa shape index (κ2) is 13.8. The van der Waals surface area contributed by atoms with Gasteiger partial charge in [0.25, 0.3) is 5.91 Å². The van der Waals surface area contributed by atoms with Crippen LogP contribution in [-0.2, 0) is 9.53 Å². The van der Waals surface area contributed by atoms with Crippen LogP contribution < -0.4 is 14.8 Å². The van der Waals surface area contributed by atoms with Gasteiger partial charge >= 0.3 is 0 Å². The van der Waals surface area contributed by atoms with E-state index in [4.69, 9.17) is 24.3 Å². The van der Waals surface area contributed by atoms with Crippen LogP contribution in [-0.4, -0.2) is 49.3 Å². The molecule has 3 aromatic rings. The number of aliphatic hydroxyl groups is 1. The summed E-state index contributed by atoms with van der Waals surface area (Å²) >= 11 is 0. The maximum Gasteiger partial charge on any atom is 0.252 e. The van der Waals surface area contributed by atoms with Crippen LogP contribution >= 0.6 is 0 Å². The van der Waals surface area contributed by atoms with Crippen molar-refractivity contribution in [1.82, 2.24) is 5.32 Å². The smallest absolute Gasteiger partial charge is 0.252 e. The summed E-state index contributed by atoms with van der Waals surface area (Å²) in [5.74, 6) is 1.84. The van der Waals surface area contributed by atoms with Gasteiger partial charge in [0, 0.05) is 31.6 Å². The van der Waals surface area contributed by atoms with Gasteiger partial charge in [-0.2, -0.15) is 0 Å². The molecule has 0 fully saturated rings. The molecule has 0 radical (unpaired) electrons. The molecular formula is C33H38N2O5. The zero-order valence-electron chi connectivity index (χ0n) is 23.4. The van der Waals surface area contributed by atoms with Gasteiger partial charge in [-0.25, -0.2) is 4.99 Å². The van der Waals surface area contributed by atoms with Crippen molar-refractivity contribution in [1.29, 1.82) is 0 Å². The van der Waals surface area contributed by atoms with E-state index in [-0.39, 0.29) is 18.4 Å². The summed E-state index contributed by atoms with van der Waals surface area (Å²) in [5, 5.41) is 12.1. The highest BCUT2D eigenvalue weighted by molar-refractivity contribution is 6.01. The van der Waals surface area contributed by atoms with Crippen molar-refractivity contribution in [2.45, 2.75) is 38.3 Å². The van der Waals surface area contributed by atoms with Crippen molar-refractivity contribution < 1.29 is 24.1 Å². The number of aliphatic hydroxyl groups excluding tert-OH is 1. The number of hydrogen-bond acceptors (Lipinski definition) is 6. The number of carbonyl (C=O) groups excluding carboxylic acids is 1. The number of amides is 1. The summed E-state index contributed by atoms with van der Waals surface area (Å²) in [4.78, 5) is 19.1. The Bertz CT molecular complexity index is 1300. The highest BCUT2D eigenvalue weighted by atomic mass is 16.5. The molecule has 1 heterocycles. The zero-order chi connectivity index (χ0) is 28.4. The third-order valence-electron chi connectivity index (χ3n) is 6.64. The minimum atomic E-state index is -1.24. The third kappa shape index (κ3) is 7.10. The SMILES string of the molecule is COc1cccc([C@H]2OC(c3ccc(OCCCO)cc3)=N[C@@]2(C/C=C/c2ccccc2)C(=O)NCC(C)C)c1. The monoisotopic (exact) mass is 542 g/mol. The number of nitrogens with zero attached hydrogens (tertiary/aromatic N) is 1. The number of nitrogens with one attached hydrogen (secondary N) is 1. The Hall–Kier alpha value is -4.10. The Labute approximate surface area is 236 Å². The van der Waals surface area contributed by atoms with E-state index in [1.807, 2.05) is 91.0 Å². The molecule has 210 valence electrons. The minimum Gasteiger partial charge on any atom is -0.497 e. The van der Waals surface area contributed by atoms with Gasteiger partial charge in [-0.05, 0) is 53.4 Å². The molecule has 2 N–H and O–H groups in total. The molecule has 40 heavy (non-hydrogen) atoms. The molecule has 0 saturated heterocycles. The molecule has 4 rings (SSSR count). The van der Waals surface area contributed by atoms with Gasteiger partial charge in [0.05, 0.1) is 13.7 Å².